The van der Waals surface area contributed by atoms with Crippen LogP contribution in [0.4, 0.5) is 17.7 Å². The van der Waals surface area contributed by atoms with Gasteiger partial charge in [0.1, 0.15) is 11.6 Å². The van der Waals surface area contributed by atoms with Crippen LogP contribution in [0.1, 0.15) is 35.8 Å². The summed E-state index contributed by atoms with van der Waals surface area (Å²) in [4.78, 5) is 36.2. The number of oxazole rings is 1. The molecule has 13 nitrogen and oxygen atoms in total. The lowest BCUT2D eigenvalue weighted by atomic mass is 10.1. The maximum Gasteiger partial charge on any atom is 0.300 e. The molecule has 14 heteroatoms. The lowest BCUT2D eigenvalue weighted by Gasteiger charge is -2.32. The van der Waals surface area contributed by atoms with Crippen LogP contribution in [-0.2, 0) is 4.74 Å². The minimum Gasteiger partial charge on any atom is -0.422 e. The first kappa shape index (κ1) is 32.3. The molecule has 5 heterocycles. The van der Waals surface area contributed by atoms with E-state index in [-0.39, 0.29) is 18.6 Å². The predicted molar refractivity (Wildman–Crippen MR) is 173 cm³/mol. The van der Waals surface area contributed by atoms with E-state index in [1.165, 1.54) is 6.20 Å². The molecule has 0 aromatic carbocycles. The SMILES string of the molecule is CCN=C/C(=C\N)c1cccc(NC(=O)c2cc3oc(N4CCNCC4)nc3nc2N2CCC(OC)CC2)n1.OCCBr. The number of hydrogen-bond donors (Lipinski definition) is 4. The number of alkyl halides is 1. The summed E-state index contributed by atoms with van der Waals surface area (Å²) in [6.45, 7) is 7.54. The number of nitrogens with zero attached hydrogens (tertiary/aromatic N) is 6. The molecule has 5 N–H and O–H groups in total. The molecule has 0 unspecified atom stereocenters. The normalized spacial score (nSPS) is 16.4. The number of aliphatic hydroxyl groups is 1. The van der Waals surface area contributed by atoms with Gasteiger partial charge in [0.2, 0.25) is 5.65 Å². The molecular formula is C29H40BrN9O4. The number of nitrogens with one attached hydrogen (secondary N) is 2. The Kier molecular flexibility index (Phi) is 12.3. The number of piperazine rings is 1. The van der Waals surface area contributed by atoms with Gasteiger partial charge in [0.05, 0.1) is 24.0 Å². The van der Waals surface area contributed by atoms with E-state index in [0.717, 1.165) is 52.1 Å². The fourth-order valence-corrected chi connectivity index (χ4v) is 4.78. The number of methoxy groups -OCH3 is 1. The van der Waals surface area contributed by atoms with E-state index in [9.17, 15) is 4.79 Å². The second kappa shape index (κ2) is 16.3. The van der Waals surface area contributed by atoms with Crippen molar-refractivity contribution in [2.45, 2.75) is 25.9 Å². The van der Waals surface area contributed by atoms with Crippen molar-refractivity contribution >= 4 is 62.5 Å². The first-order chi connectivity index (χ1) is 21.0. The molecule has 0 atom stereocenters. The minimum absolute atomic E-state index is 0.196. The first-order valence-corrected chi connectivity index (χ1v) is 15.6. The maximum atomic E-state index is 13.7. The van der Waals surface area contributed by atoms with Crippen LogP contribution in [0.2, 0.25) is 0 Å². The summed E-state index contributed by atoms with van der Waals surface area (Å²) in [5.74, 6) is 0.631. The number of carbonyl (C=O) groups is 1. The van der Waals surface area contributed by atoms with E-state index < -0.39 is 0 Å². The molecule has 2 aliphatic heterocycles. The van der Waals surface area contributed by atoms with Crippen molar-refractivity contribution in [1.29, 1.82) is 0 Å². The van der Waals surface area contributed by atoms with E-state index in [0.29, 0.717) is 57.6 Å². The van der Waals surface area contributed by atoms with Crippen molar-refractivity contribution in [2.75, 3.05) is 80.0 Å². The largest absolute Gasteiger partial charge is 0.422 e. The molecule has 3 aromatic rings. The fraction of sp³-hybridized carbons (Fsp3) is 0.483. The van der Waals surface area contributed by atoms with Gasteiger partial charge < -0.3 is 40.4 Å². The summed E-state index contributed by atoms with van der Waals surface area (Å²) in [6, 6.07) is 7.62. The highest BCUT2D eigenvalue weighted by atomic mass is 79.9. The molecule has 0 radical (unpaired) electrons. The molecule has 2 saturated heterocycles. The molecule has 0 bridgehead atoms. The number of halogens is 1. The van der Waals surface area contributed by atoms with E-state index >= 15 is 0 Å². The number of amides is 1. The van der Waals surface area contributed by atoms with Gasteiger partial charge in [-0.2, -0.15) is 4.98 Å². The second-order valence-electron chi connectivity index (χ2n) is 9.86. The van der Waals surface area contributed by atoms with Crippen LogP contribution in [0, 0.1) is 0 Å². The van der Waals surface area contributed by atoms with Crippen LogP contribution in [0.3, 0.4) is 0 Å². The minimum atomic E-state index is -0.335. The number of allylic oxidation sites excluding steroid dienone is 1. The first-order valence-electron chi connectivity index (χ1n) is 14.4. The number of carbonyl (C=O) groups excluding carboxylic acids is 1. The molecule has 1 amide bonds. The van der Waals surface area contributed by atoms with Crippen molar-refractivity contribution in [2.24, 2.45) is 10.7 Å². The van der Waals surface area contributed by atoms with E-state index in [1.807, 2.05) is 19.1 Å². The quantitative estimate of drug-likeness (QED) is 0.197. The van der Waals surface area contributed by atoms with Crippen LogP contribution in [-0.4, -0.2) is 103 Å². The second-order valence-corrected chi connectivity index (χ2v) is 10.7. The third kappa shape index (κ3) is 8.50. The summed E-state index contributed by atoms with van der Waals surface area (Å²) in [5.41, 5.74) is 8.42. The molecule has 0 aliphatic carbocycles. The summed E-state index contributed by atoms with van der Waals surface area (Å²) in [7, 11) is 1.73. The summed E-state index contributed by atoms with van der Waals surface area (Å²) < 4.78 is 11.6. The zero-order chi connectivity index (χ0) is 30.6. The third-order valence-electron chi connectivity index (χ3n) is 7.02. The average Bonchev–Trinajstić information content (AvgIpc) is 3.48. The number of aliphatic hydroxyl groups excluding tert-OH is 1. The van der Waals surface area contributed by atoms with Gasteiger partial charge in [-0.05, 0) is 31.9 Å². The number of rotatable bonds is 9. The lowest BCUT2D eigenvalue weighted by molar-refractivity contribution is 0.0817. The Morgan fingerprint density at radius 3 is 2.63 bits per heavy atom. The predicted octanol–water partition coefficient (Wildman–Crippen LogP) is 2.66. The van der Waals surface area contributed by atoms with Gasteiger partial charge in [-0.25, -0.2) is 9.97 Å². The Balaban J connectivity index is 0.000000996. The molecule has 232 valence electrons. The fourth-order valence-electron chi connectivity index (χ4n) is 4.78. The van der Waals surface area contributed by atoms with Crippen molar-refractivity contribution in [1.82, 2.24) is 20.3 Å². The topological polar surface area (TPSA) is 167 Å². The number of nitrogens with two attached hydrogens (primary N) is 1. The summed E-state index contributed by atoms with van der Waals surface area (Å²) in [6.07, 6.45) is 5.01. The van der Waals surface area contributed by atoms with Gasteiger partial charge in [0, 0.05) is 82.3 Å². The van der Waals surface area contributed by atoms with Crippen LogP contribution >= 0.6 is 15.9 Å². The summed E-state index contributed by atoms with van der Waals surface area (Å²) >= 11 is 3.00. The van der Waals surface area contributed by atoms with Gasteiger partial charge in [-0.3, -0.25) is 9.79 Å². The molecule has 0 spiro atoms. The Labute approximate surface area is 259 Å². The highest BCUT2D eigenvalue weighted by molar-refractivity contribution is 9.09. The number of piperidine rings is 1. The highest BCUT2D eigenvalue weighted by Crippen LogP contribution is 2.30. The number of ether oxygens (including phenoxy) is 1. The third-order valence-corrected chi connectivity index (χ3v) is 7.38. The lowest BCUT2D eigenvalue weighted by Crippen LogP contribution is -2.43. The zero-order valence-corrected chi connectivity index (χ0v) is 26.2. The zero-order valence-electron chi connectivity index (χ0n) is 24.6. The standard InChI is InChI=1S/C27H35N9O3.C2H5BrO/c1-3-29-17-18(16-28)21-5-4-6-23(31-21)32-26(37)20-15-22-24(34-27(39-22)36-13-9-30-10-14-36)33-25(20)35-11-7-19(38-2)8-12-35;3-1-2-4/h4-6,15-17,19,30H,3,7-14,28H2,1-2H3,(H,31,32,37);4H,1-2H2/b18-16+,29-17?;. The Morgan fingerprint density at radius 2 is 1.98 bits per heavy atom. The number of anilines is 3. The van der Waals surface area contributed by atoms with Crippen LogP contribution in [0.5, 0.6) is 0 Å². The van der Waals surface area contributed by atoms with Crippen molar-refractivity contribution in [3.63, 3.8) is 0 Å². The smallest absolute Gasteiger partial charge is 0.300 e. The number of pyridine rings is 2. The van der Waals surface area contributed by atoms with Crippen LogP contribution in [0.15, 0.2) is 39.9 Å². The van der Waals surface area contributed by atoms with Gasteiger partial charge in [0.25, 0.3) is 11.9 Å². The number of fused-ring (bicyclic) bond motifs is 1. The molecular weight excluding hydrogens is 618 g/mol. The Hall–Kier alpha value is -3.59. The maximum absolute atomic E-state index is 13.7. The monoisotopic (exact) mass is 657 g/mol. The van der Waals surface area contributed by atoms with Crippen LogP contribution < -0.4 is 26.2 Å². The highest BCUT2D eigenvalue weighted by Gasteiger charge is 2.27. The van der Waals surface area contributed by atoms with E-state index in [1.54, 1.807) is 25.5 Å². The van der Waals surface area contributed by atoms with Gasteiger partial charge in [0.15, 0.2) is 5.58 Å². The Morgan fingerprint density at radius 1 is 1.23 bits per heavy atom. The molecule has 5 rings (SSSR count). The Bertz CT molecular complexity index is 1400. The average molecular weight is 659 g/mol. The number of hydrogen-bond acceptors (Lipinski definition) is 12. The molecule has 2 aliphatic rings. The van der Waals surface area contributed by atoms with Crippen molar-refractivity contribution in [3.05, 3.63) is 41.7 Å². The van der Waals surface area contributed by atoms with Crippen molar-refractivity contribution in [3.8, 4) is 0 Å². The number of aromatic nitrogens is 3. The molecule has 43 heavy (non-hydrogen) atoms. The van der Waals surface area contributed by atoms with Crippen LogP contribution in [0.25, 0.3) is 16.8 Å². The summed E-state index contributed by atoms with van der Waals surface area (Å²) in [5, 5.41) is 14.8. The molecule has 0 saturated carbocycles. The molecule has 3 aromatic heterocycles. The van der Waals surface area contributed by atoms with Crippen molar-refractivity contribution < 1.29 is 19.1 Å². The number of aliphatic imine (C=N–C) groups is 1. The molecule has 2 fully saturated rings. The van der Waals surface area contributed by atoms with Gasteiger partial charge in [-0.15, -0.1) is 0 Å². The van der Waals surface area contributed by atoms with E-state index in [2.05, 4.69) is 51.3 Å². The van der Waals surface area contributed by atoms with Gasteiger partial charge in [-0.1, -0.05) is 22.0 Å². The van der Waals surface area contributed by atoms with E-state index in [4.69, 9.17) is 25.0 Å². The van der Waals surface area contributed by atoms with Gasteiger partial charge >= 0.3 is 0 Å².